The summed E-state index contributed by atoms with van der Waals surface area (Å²) in [4.78, 5) is 34.0. The molecule has 2 aliphatic rings. The quantitative estimate of drug-likeness (QED) is 0.278. The maximum Gasteiger partial charge on any atom is 0.331 e. The van der Waals surface area contributed by atoms with Crippen LogP contribution in [0.5, 0.6) is 11.5 Å². The van der Waals surface area contributed by atoms with Gasteiger partial charge in [0.15, 0.2) is 0 Å². The van der Waals surface area contributed by atoms with E-state index in [1.54, 1.807) is 21.5 Å². The van der Waals surface area contributed by atoms with Crippen LogP contribution < -0.4 is 20.3 Å². The number of hydrogen-bond donors (Lipinski definition) is 2. The summed E-state index contributed by atoms with van der Waals surface area (Å²) in [5.41, 5.74) is 2.63. The van der Waals surface area contributed by atoms with Crippen molar-refractivity contribution in [1.82, 2.24) is 14.6 Å². The van der Waals surface area contributed by atoms with E-state index in [0.717, 1.165) is 11.3 Å². The number of thiophene rings is 1. The summed E-state index contributed by atoms with van der Waals surface area (Å²) >= 11 is 1.23. The molecule has 2 N–H and O–H groups in total. The Bertz CT molecular complexity index is 1770. The van der Waals surface area contributed by atoms with Gasteiger partial charge in [-0.2, -0.15) is 0 Å². The number of hydrogen-bond acceptors (Lipinski definition) is 6. The van der Waals surface area contributed by atoms with E-state index in [-0.39, 0.29) is 18.0 Å². The molecule has 0 spiro atoms. The lowest BCUT2D eigenvalue weighted by Crippen LogP contribution is -2.39. The van der Waals surface area contributed by atoms with Gasteiger partial charge in [-0.1, -0.05) is 24.8 Å². The predicted octanol–water partition coefficient (Wildman–Crippen LogP) is 5.66. The number of aryl methyl sites for hydroxylation is 1. The maximum absolute atomic E-state index is 13.5. The van der Waals surface area contributed by atoms with Gasteiger partial charge < -0.3 is 15.4 Å². The zero-order valence-corrected chi connectivity index (χ0v) is 23.4. The van der Waals surface area contributed by atoms with Crippen molar-refractivity contribution in [3.63, 3.8) is 0 Å². The highest BCUT2D eigenvalue weighted by Crippen LogP contribution is 2.46. The number of amides is 3. The molecule has 9 nitrogen and oxygen atoms in total. The average molecular weight is 574 g/mol. The van der Waals surface area contributed by atoms with Gasteiger partial charge >= 0.3 is 6.03 Å². The first-order chi connectivity index (χ1) is 19.2. The second-order valence-electron chi connectivity index (χ2n) is 9.65. The van der Waals surface area contributed by atoms with Crippen LogP contribution >= 0.6 is 11.3 Å². The molecule has 0 saturated carbocycles. The van der Waals surface area contributed by atoms with Crippen molar-refractivity contribution in [3.05, 3.63) is 83.2 Å². The third-order valence-electron chi connectivity index (χ3n) is 7.02. The molecule has 0 radical (unpaired) electrons. The summed E-state index contributed by atoms with van der Waals surface area (Å²) < 4.78 is 20.2. The number of urea groups is 1. The third kappa shape index (κ3) is 4.61. The maximum atomic E-state index is 13.5. The molecular weight excluding hydrogens is 546 g/mol. The van der Waals surface area contributed by atoms with Crippen molar-refractivity contribution in [1.29, 1.82) is 0 Å². The van der Waals surface area contributed by atoms with E-state index in [2.05, 4.69) is 28.1 Å². The molecule has 2 aromatic heterocycles. The van der Waals surface area contributed by atoms with E-state index in [1.807, 2.05) is 55.5 Å². The smallest absolute Gasteiger partial charge is 0.331 e. The number of anilines is 3. The Morgan fingerprint density at radius 2 is 2.00 bits per heavy atom. The van der Waals surface area contributed by atoms with Gasteiger partial charge in [0.25, 0.3) is 5.91 Å². The molecule has 11 heteroatoms. The number of pyridine rings is 1. The normalized spacial score (nSPS) is 18.3. The van der Waals surface area contributed by atoms with Gasteiger partial charge in [-0.25, -0.2) is 18.3 Å². The average Bonchev–Trinajstić information content (AvgIpc) is 3.56. The minimum atomic E-state index is -2.56. The number of carbonyl (C=O) groups excluding carboxylic acids is 2. The van der Waals surface area contributed by atoms with Gasteiger partial charge in [0.1, 0.15) is 21.2 Å². The number of ether oxygens (including phenoxy) is 1. The van der Waals surface area contributed by atoms with Crippen molar-refractivity contribution in [2.45, 2.75) is 19.4 Å². The zero-order chi connectivity index (χ0) is 28.0. The molecule has 40 heavy (non-hydrogen) atoms. The second kappa shape index (κ2) is 10.1. The Labute approximate surface area is 236 Å². The molecule has 0 bridgehead atoms. The Morgan fingerprint density at radius 3 is 2.75 bits per heavy atom. The van der Waals surface area contributed by atoms with E-state index in [9.17, 15) is 13.8 Å². The van der Waals surface area contributed by atoms with Gasteiger partial charge in [-0.05, 0) is 61.2 Å². The van der Waals surface area contributed by atoms with Crippen molar-refractivity contribution in [2.24, 2.45) is 0 Å². The van der Waals surface area contributed by atoms with E-state index in [1.165, 1.54) is 16.7 Å². The second-order valence-corrected chi connectivity index (χ2v) is 12.9. The molecule has 0 aliphatic carbocycles. The van der Waals surface area contributed by atoms with Crippen LogP contribution in [0.2, 0.25) is 0 Å². The van der Waals surface area contributed by atoms with Gasteiger partial charge in [0.05, 0.1) is 22.4 Å². The lowest BCUT2D eigenvalue weighted by Gasteiger charge is -2.29. The summed E-state index contributed by atoms with van der Waals surface area (Å²) in [6, 6.07) is 16.3. The molecular formula is C29H27N5O4S2. The van der Waals surface area contributed by atoms with Gasteiger partial charge in [0.2, 0.25) is 0 Å². The van der Waals surface area contributed by atoms with Crippen LogP contribution in [0.3, 0.4) is 0 Å². The van der Waals surface area contributed by atoms with Crippen molar-refractivity contribution < 1.29 is 18.5 Å². The summed E-state index contributed by atoms with van der Waals surface area (Å²) in [5, 5.41) is 8.03. The topological polar surface area (TPSA) is 104 Å². The molecule has 4 aromatic rings. The number of rotatable bonds is 7. The monoisotopic (exact) mass is 573 g/mol. The predicted molar refractivity (Wildman–Crippen MR) is 161 cm³/mol. The Hall–Kier alpha value is -4.19. The van der Waals surface area contributed by atoms with Crippen LogP contribution in [-0.4, -0.2) is 50.4 Å². The molecule has 3 amide bonds. The highest BCUT2D eigenvalue weighted by atomic mass is 32.2. The summed E-state index contributed by atoms with van der Waals surface area (Å²) in [6.45, 7) is 6.49. The minimum absolute atomic E-state index is 0.199. The van der Waals surface area contributed by atoms with Crippen LogP contribution in [0, 0.1) is 6.92 Å². The van der Waals surface area contributed by atoms with Gasteiger partial charge in [0, 0.05) is 40.4 Å². The molecule has 2 aliphatic heterocycles. The summed E-state index contributed by atoms with van der Waals surface area (Å²) in [7, 11) is -2.56. The Kier molecular flexibility index (Phi) is 6.57. The van der Waals surface area contributed by atoms with E-state index in [0.29, 0.717) is 57.4 Å². The van der Waals surface area contributed by atoms with Gasteiger partial charge in [-0.15, -0.1) is 11.3 Å². The first-order valence-corrected chi connectivity index (χ1v) is 15.2. The first-order valence-electron chi connectivity index (χ1n) is 12.7. The largest absolute Gasteiger partial charge is 0.457 e. The van der Waals surface area contributed by atoms with Gasteiger partial charge in [-0.3, -0.25) is 9.69 Å². The number of benzene rings is 2. The van der Waals surface area contributed by atoms with Crippen molar-refractivity contribution in [2.75, 3.05) is 23.3 Å². The molecule has 1 unspecified atom stereocenters. The number of nitrogens with zero attached hydrogens (tertiary/aromatic N) is 3. The lowest BCUT2D eigenvalue weighted by molar-refractivity contribution is 0.0944. The SMILES string of the molecule is C=CS(=C)(=O)N1CC[C@@H](NC(=O)c2sc3nccc4c3c2NC(=O)N4c2ccc(Oc3ccccc3)cc2C)C1. The fourth-order valence-electron chi connectivity index (χ4n) is 5.03. The summed E-state index contributed by atoms with van der Waals surface area (Å²) in [6.07, 6.45) is 2.28. The molecule has 2 aromatic carbocycles. The van der Waals surface area contributed by atoms with Crippen LogP contribution in [0.25, 0.3) is 10.2 Å². The van der Waals surface area contributed by atoms with E-state index in [4.69, 9.17) is 4.74 Å². The molecule has 4 heterocycles. The van der Waals surface area contributed by atoms with Crippen LogP contribution in [0.4, 0.5) is 21.9 Å². The molecule has 1 saturated heterocycles. The van der Waals surface area contributed by atoms with E-state index < -0.39 is 9.71 Å². The number of para-hydroxylation sites is 1. The molecule has 1 fully saturated rings. The molecule has 204 valence electrons. The van der Waals surface area contributed by atoms with E-state index >= 15 is 0 Å². The third-order valence-corrected chi connectivity index (χ3v) is 9.85. The summed E-state index contributed by atoms with van der Waals surface area (Å²) in [5.74, 6) is 4.82. The van der Waals surface area contributed by atoms with Crippen molar-refractivity contribution >= 4 is 66.1 Å². The Morgan fingerprint density at radius 1 is 1.20 bits per heavy atom. The van der Waals surface area contributed by atoms with Crippen LogP contribution in [-0.2, 0) is 9.71 Å². The number of nitrogens with one attached hydrogen (secondary N) is 2. The zero-order valence-electron chi connectivity index (χ0n) is 21.8. The van der Waals surface area contributed by atoms with Crippen LogP contribution in [0.1, 0.15) is 21.7 Å². The fourth-order valence-corrected chi connectivity index (χ4v) is 7.11. The molecule has 2 atom stereocenters. The fraction of sp³-hybridized carbons (Fsp3) is 0.172. The first kappa shape index (κ1) is 26.1. The lowest BCUT2D eigenvalue weighted by atomic mass is 10.1. The number of carbonyl (C=O) groups is 2. The molecule has 6 rings (SSSR count). The highest BCUT2D eigenvalue weighted by molar-refractivity contribution is 8.00. The number of aromatic nitrogens is 1. The van der Waals surface area contributed by atoms with Crippen LogP contribution in [0.15, 0.2) is 72.8 Å². The Balaban J connectivity index is 1.29. The van der Waals surface area contributed by atoms with Crippen molar-refractivity contribution in [3.8, 4) is 11.5 Å². The minimum Gasteiger partial charge on any atom is -0.457 e. The standard InChI is InChI=1S/C29H27N5O4S2/c1-4-40(3,37)33-15-13-19(17-33)31-27(35)26-25-24-23(12-14-30-28(24)39-26)34(29(36)32-25)22-11-10-21(16-18(22)2)38-20-8-6-5-7-9-20/h4-12,14,16,19H,1,3,13,15,17H2,2H3,(H,31,35)(H,32,36)/t19-,40?/m1/s1. The highest BCUT2D eigenvalue weighted by Gasteiger charge is 2.35.